The van der Waals surface area contributed by atoms with Gasteiger partial charge in [-0.25, -0.2) is 0 Å². The molecule has 0 aliphatic heterocycles. The molecule has 0 aliphatic rings. The van der Waals surface area contributed by atoms with Gasteiger partial charge in [0.2, 0.25) is 0 Å². The van der Waals surface area contributed by atoms with E-state index in [1.54, 1.807) is 12.1 Å². The second-order valence-electron chi connectivity index (χ2n) is 5.57. The van der Waals surface area contributed by atoms with Crippen molar-refractivity contribution in [3.63, 3.8) is 0 Å². The van der Waals surface area contributed by atoms with Crippen LogP contribution in [0.5, 0.6) is 11.5 Å². The summed E-state index contributed by atoms with van der Waals surface area (Å²) in [4.78, 5) is 2.30. The molecule has 0 unspecified atom stereocenters. The summed E-state index contributed by atoms with van der Waals surface area (Å²) in [5, 5.41) is 22.2. The Labute approximate surface area is 132 Å². The van der Waals surface area contributed by atoms with E-state index in [2.05, 4.69) is 41.5 Å². The van der Waals surface area contributed by atoms with Crippen LogP contribution < -0.4 is 5.32 Å². The van der Waals surface area contributed by atoms with Gasteiger partial charge in [-0.2, -0.15) is 0 Å². The van der Waals surface area contributed by atoms with E-state index in [9.17, 15) is 10.2 Å². The molecule has 0 bridgehead atoms. The van der Waals surface area contributed by atoms with Crippen LogP contribution in [0.1, 0.15) is 17.5 Å². The number of phenols is 2. The highest BCUT2D eigenvalue weighted by Gasteiger charge is 2.02. The van der Waals surface area contributed by atoms with Crippen molar-refractivity contribution in [1.29, 1.82) is 0 Å². The van der Waals surface area contributed by atoms with E-state index in [-0.39, 0.29) is 11.5 Å². The third kappa shape index (κ3) is 5.39. The summed E-state index contributed by atoms with van der Waals surface area (Å²) in [5.74, 6) is 0.220. The molecule has 0 heterocycles. The Morgan fingerprint density at radius 3 is 2.55 bits per heavy atom. The smallest absolute Gasteiger partial charge is 0.123 e. The average molecular weight is 300 g/mol. The molecule has 0 spiro atoms. The van der Waals surface area contributed by atoms with Crippen LogP contribution in [-0.2, 0) is 13.1 Å². The van der Waals surface area contributed by atoms with Crippen LogP contribution in [0, 0.1) is 0 Å². The van der Waals surface area contributed by atoms with E-state index in [1.807, 2.05) is 6.07 Å². The van der Waals surface area contributed by atoms with Gasteiger partial charge in [-0.05, 0) is 38.2 Å². The van der Waals surface area contributed by atoms with Gasteiger partial charge < -0.3 is 20.4 Å². The lowest BCUT2D eigenvalue weighted by Crippen LogP contribution is -2.23. The standard InChI is InChI=1S/C18H24N2O2/c1-20(14-15-6-3-2-4-7-15)11-5-10-19-13-16-8-9-17(21)12-18(16)22/h2-4,6-9,12,19,21-22H,5,10-11,13-14H2,1H3. The summed E-state index contributed by atoms with van der Waals surface area (Å²) in [7, 11) is 2.12. The van der Waals surface area contributed by atoms with E-state index >= 15 is 0 Å². The van der Waals surface area contributed by atoms with E-state index in [4.69, 9.17) is 0 Å². The van der Waals surface area contributed by atoms with Crippen molar-refractivity contribution in [2.75, 3.05) is 20.1 Å². The Morgan fingerprint density at radius 1 is 1.05 bits per heavy atom. The van der Waals surface area contributed by atoms with Gasteiger partial charge in [0.05, 0.1) is 0 Å². The maximum Gasteiger partial charge on any atom is 0.123 e. The Morgan fingerprint density at radius 2 is 1.82 bits per heavy atom. The van der Waals surface area contributed by atoms with E-state index in [0.717, 1.165) is 31.6 Å². The Kier molecular flexibility index (Phi) is 6.25. The molecule has 2 aromatic rings. The quantitative estimate of drug-likeness (QED) is 0.656. The van der Waals surface area contributed by atoms with Crippen molar-refractivity contribution in [3.8, 4) is 11.5 Å². The third-order valence-electron chi connectivity index (χ3n) is 3.57. The molecule has 0 amide bonds. The zero-order valence-electron chi connectivity index (χ0n) is 13.0. The lowest BCUT2D eigenvalue weighted by Gasteiger charge is -2.16. The second kappa shape index (κ2) is 8.41. The highest BCUT2D eigenvalue weighted by Crippen LogP contribution is 2.22. The van der Waals surface area contributed by atoms with Crippen LogP contribution in [0.4, 0.5) is 0 Å². The van der Waals surface area contributed by atoms with E-state index in [1.165, 1.54) is 11.6 Å². The third-order valence-corrected chi connectivity index (χ3v) is 3.57. The van der Waals surface area contributed by atoms with E-state index < -0.39 is 0 Å². The van der Waals surface area contributed by atoms with Crippen molar-refractivity contribution >= 4 is 0 Å². The first-order valence-electron chi connectivity index (χ1n) is 7.59. The summed E-state index contributed by atoms with van der Waals surface area (Å²) in [5.41, 5.74) is 2.13. The highest BCUT2D eigenvalue weighted by atomic mass is 16.3. The first-order chi connectivity index (χ1) is 10.6. The molecule has 4 heteroatoms. The second-order valence-corrected chi connectivity index (χ2v) is 5.57. The maximum atomic E-state index is 9.69. The molecule has 0 aliphatic carbocycles. The molecule has 0 saturated carbocycles. The molecule has 2 aromatic carbocycles. The fourth-order valence-electron chi connectivity index (χ4n) is 2.37. The van der Waals surface area contributed by atoms with Gasteiger partial charge >= 0.3 is 0 Å². The van der Waals surface area contributed by atoms with Crippen LogP contribution in [0.25, 0.3) is 0 Å². The molecule has 4 nitrogen and oxygen atoms in total. The number of benzene rings is 2. The summed E-state index contributed by atoms with van der Waals surface area (Å²) >= 11 is 0. The monoisotopic (exact) mass is 300 g/mol. The fourth-order valence-corrected chi connectivity index (χ4v) is 2.37. The number of hydrogen-bond acceptors (Lipinski definition) is 4. The SMILES string of the molecule is CN(CCCNCc1ccc(O)cc1O)Cc1ccccc1. The van der Waals surface area contributed by atoms with Gasteiger partial charge in [-0.15, -0.1) is 0 Å². The highest BCUT2D eigenvalue weighted by molar-refractivity contribution is 5.38. The molecule has 0 fully saturated rings. The minimum Gasteiger partial charge on any atom is -0.508 e. The van der Waals surface area contributed by atoms with Crippen molar-refractivity contribution in [3.05, 3.63) is 59.7 Å². The number of nitrogens with one attached hydrogen (secondary N) is 1. The van der Waals surface area contributed by atoms with Crippen molar-refractivity contribution in [2.45, 2.75) is 19.5 Å². The number of nitrogens with zero attached hydrogens (tertiary/aromatic N) is 1. The molecule has 118 valence electrons. The minimum absolute atomic E-state index is 0.0868. The molecule has 0 aromatic heterocycles. The zero-order valence-corrected chi connectivity index (χ0v) is 13.0. The molecule has 0 saturated heterocycles. The van der Waals surface area contributed by atoms with Crippen molar-refractivity contribution in [1.82, 2.24) is 10.2 Å². The molecule has 2 rings (SSSR count). The Balaban J connectivity index is 1.63. The lowest BCUT2D eigenvalue weighted by atomic mass is 10.2. The van der Waals surface area contributed by atoms with Crippen LogP contribution in [0.15, 0.2) is 48.5 Å². The predicted octanol–water partition coefficient (Wildman–Crippen LogP) is 2.71. The first-order valence-corrected chi connectivity index (χ1v) is 7.59. The predicted molar refractivity (Wildman–Crippen MR) is 88.9 cm³/mol. The van der Waals surface area contributed by atoms with Crippen LogP contribution >= 0.6 is 0 Å². The van der Waals surface area contributed by atoms with Gasteiger partial charge in [0, 0.05) is 24.7 Å². The lowest BCUT2D eigenvalue weighted by molar-refractivity contribution is 0.319. The van der Waals surface area contributed by atoms with Gasteiger partial charge in [0.1, 0.15) is 11.5 Å². The molecule has 0 atom stereocenters. The summed E-state index contributed by atoms with van der Waals surface area (Å²) in [6, 6.07) is 15.1. The van der Waals surface area contributed by atoms with E-state index in [0.29, 0.717) is 6.54 Å². The normalized spacial score (nSPS) is 11.0. The number of phenolic OH excluding ortho intramolecular Hbond substituents is 2. The van der Waals surface area contributed by atoms with Gasteiger partial charge in [-0.3, -0.25) is 0 Å². The molecule has 22 heavy (non-hydrogen) atoms. The van der Waals surface area contributed by atoms with Crippen molar-refractivity contribution in [2.24, 2.45) is 0 Å². The number of aromatic hydroxyl groups is 2. The Bertz CT molecular complexity index is 573. The zero-order chi connectivity index (χ0) is 15.8. The van der Waals surface area contributed by atoms with Crippen LogP contribution in [-0.4, -0.2) is 35.3 Å². The summed E-state index contributed by atoms with van der Waals surface area (Å²) in [6.45, 7) is 3.47. The van der Waals surface area contributed by atoms with Gasteiger partial charge in [-0.1, -0.05) is 36.4 Å². The van der Waals surface area contributed by atoms with Gasteiger partial charge in [0.15, 0.2) is 0 Å². The first kappa shape index (κ1) is 16.3. The topological polar surface area (TPSA) is 55.7 Å². The molecular weight excluding hydrogens is 276 g/mol. The van der Waals surface area contributed by atoms with Crippen molar-refractivity contribution < 1.29 is 10.2 Å². The average Bonchev–Trinajstić information content (AvgIpc) is 2.50. The summed E-state index contributed by atoms with van der Waals surface area (Å²) < 4.78 is 0. The summed E-state index contributed by atoms with van der Waals surface area (Å²) in [6.07, 6.45) is 1.04. The fraction of sp³-hybridized carbons (Fsp3) is 0.333. The maximum absolute atomic E-state index is 9.69. The van der Waals surface area contributed by atoms with Crippen LogP contribution in [0.3, 0.4) is 0 Å². The Hall–Kier alpha value is -2.04. The largest absolute Gasteiger partial charge is 0.508 e. The minimum atomic E-state index is 0.0868. The van der Waals surface area contributed by atoms with Crippen LogP contribution in [0.2, 0.25) is 0 Å². The number of hydrogen-bond donors (Lipinski definition) is 3. The van der Waals surface area contributed by atoms with Gasteiger partial charge in [0.25, 0.3) is 0 Å². The molecular formula is C18H24N2O2. The molecule has 0 radical (unpaired) electrons. The molecule has 3 N–H and O–H groups in total. The number of rotatable bonds is 8.